The van der Waals surface area contributed by atoms with E-state index < -0.39 is 0 Å². The van der Waals surface area contributed by atoms with Crippen molar-refractivity contribution in [2.75, 3.05) is 12.8 Å². The van der Waals surface area contributed by atoms with Crippen LogP contribution in [-0.4, -0.2) is 42.4 Å². The average Bonchev–Trinajstić information content (AvgIpc) is 3.43. The quantitative estimate of drug-likeness (QED) is 0.494. The molecular weight excluding hydrogens is 382 g/mol. The van der Waals surface area contributed by atoms with Crippen LogP contribution in [0, 0.1) is 0 Å². The van der Waals surface area contributed by atoms with Crippen molar-refractivity contribution in [3.8, 4) is 11.6 Å². The third kappa shape index (κ3) is 3.12. The van der Waals surface area contributed by atoms with E-state index in [1.165, 1.54) is 10.8 Å². The Bertz CT molecular complexity index is 1380. The highest BCUT2D eigenvalue weighted by Gasteiger charge is 2.19. The molecule has 0 saturated carbocycles. The Kier molecular flexibility index (Phi) is 4.13. The second-order valence-corrected chi connectivity index (χ2v) is 6.88. The van der Waals surface area contributed by atoms with E-state index in [2.05, 4.69) is 20.1 Å². The van der Waals surface area contributed by atoms with Crippen LogP contribution in [0.2, 0.25) is 0 Å². The van der Waals surface area contributed by atoms with Crippen molar-refractivity contribution in [1.29, 1.82) is 0 Å². The smallest absolute Gasteiger partial charge is 0.272 e. The molecule has 0 saturated heterocycles. The first-order chi connectivity index (χ1) is 14.6. The Balaban J connectivity index is 1.42. The number of furan rings is 1. The fourth-order valence-electron chi connectivity index (χ4n) is 3.28. The minimum Gasteiger partial charge on any atom is -0.461 e. The van der Waals surface area contributed by atoms with Gasteiger partial charge in [-0.2, -0.15) is 4.52 Å². The van der Waals surface area contributed by atoms with Gasteiger partial charge >= 0.3 is 0 Å². The van der Waals surface area contributed by atoms with Gasteiger partial charge in [0.15, 0.2) is 11.4 Å². The molecule has 0 unspecified atom stereocenters. The van der Waals surface area contributed by atoms with E-state index in [4.69, 9.17) is 10.2 Å². The molecule has 1 aromatic carbocycles. The standard InChI is InChI=1S/C21H17N7O2/c1-27(12-13-9-14-5-2-3-6-15(14)23-11-13)20(29)16-10-18-25-19(17-7-4-8-30-17)26-28(18)21(22)24-16/h2-11H,12H2,1H3,(H2,22,24). The Morgan fingerprint density at radius 3 is 2.87 bits per heavy atom. The number of aromatic nitrogens is 5. The summed E-state index contributed by atoms with van der Waals surface area (Å²) in [6.07, 6.45) is 3.31. The number of nitrogens with zero attached hydrogens (tertiary/aromatic N) is 6. The molecule has 0 atom stereocenters. The predicted octanol–water partition coefficient (Wildman–Crippen LogP) is 2.79. The molecule has 0 spiro atoms. The summed E-state index contributed by atoms with van der Waals surface area (Å²) in [5, 5.41) is 5.31. The van der Waals surface area contributed by atoms with Crippen LogP contribution in [0.4, 0.5) is 5.95 Å². The number of nitrogen functional groups attached to an aromatic ring is 1. The summed E-state index contributed by atoms with van der Waals surface area (Å²) in [6, 6.07) is 14.9. The summed E-state index contributed by atoms with van der Waals surface area (Å²) in [4.78, 5) is 27.6. The number of fused-ring (bicyclic) bond motifs is 2. The fourth-order valence-corrected chi connectivity index (χ4v) is 3.28. The molecule has 4 heterocycles. The molecule has 9 heteroatoms. The van der Waals surface area contributed by atoms with E-state index in [1.54, 1.807) is 36.3 Å². The van der Waals surface area contributed by atoms with E-state index >= 15 is 0 Å². The van der Waals surface area contributed by atoms with Crippen LogP contribution >= 0.6 is 0 Å². The average molecular weight is 399 g/mol. The van der Waals surface area contributed by atoms with Crippen LogP contribution in [0.3, 0.4) is 0 Å². The molecule has 9 nitrogen and oxygen atoms in total. The van der Waals surface area contributed by atoms with Crippen molar-refractivity contribution in [2.45, 2.75) is 6.54 Å². The normalized spacial score (nSPS) is 11.2. The number of anilines is 1. The number of amides is 1. The molecule has 0 radical (unpaired) electrons. The van der Waals surface area contributed by atoms with Crippen molar-refractivity contribution in [3.05, 3.63) is 72.2 Å². The number of hydrogen-bond acceptors (Lipinski definition) is 7. The number of benzene rings is 1. The number of carbonyl (C=O) groups is 1. The third-order valence-corrected chi connectivity index (χ3v) is 4.72. The van der Waals surface area contributed by atoms with Crippen molar-refractivity contribution in [3.63, 3.8) is 0 Å². The summed E-state index contributed by atoms with van der Waals surface area (Å²) in [7, 11) is 1.71. The Morgan fingerprint density at radius 2 is 2.03 bits per heavy atom. The molecule has 0 bridgehead atoms. The molecule has 1 amide bonds. The first kappa shape index (κ1) is 17.8. The van der Waals surface area contributed by atoms with Gasteiger partial charge < -0.3 is 15.1 Å². The lowest BCUT2D eigenvalue weighted by Crippen LogP contribution is -2.27. The monoisotopic (exact) mass is 399 g/mol. The highest BCUT2D eigenvalue weighted by Crippen LogP contribution is 2.19. The molecule has 0 fully saturated rings. The first-order valence-corrected chi connectivity index (χ1v) is 9.25. The van der Waals surface area contributed by atoms with Crippen molar-refractivity contribution in [2.24, 2.45) is 0 Å². The lowest BCUT2D eigenvalue weighted by Gasteiger charge is -2.17. The maximum absolute atomic E-state index is 13.0. The van der Waals surface area contributed by atoms with Gasteiger partial charge in [0, 0.05) is 31.2 Å². The van der Waals surface area contributed by atoms with E-state index in [-0.39, 0.29) is 17.5 Å². The number of pyridine rings is 1. The summed E-state index contributed by atoms with van der Waals surface area (Å²) >= 11 is 0. The van der Waals surface area contributed by atoms with Crippen molar-refractivity contribution in [1.82, 2.24) is 29.5 Å². The SMILES string of the molecule is CN(Cc1cnc2ccccc2c1)C(=O)c1cc2nc(-c3ccco3)nn2c(N)n1. The second-order valence-electron chi connectivity index (χ2n) is 6.88. The molecule has 5 rings (SSSR count). The maximum atomic E-state index is 13.0. The van der Waals surface area contributed by atoms with Gasteiger partial charge in [0.2, 0.25) is 11.8 Å². The molecular formula is C21H17N7O2. The van der Waals surface area contributed by atoms with Gasteiger partial charge in [-0.15, -0.1) is 5.10 Å². The van der Waals surface area contributed by atoms with Crippen LogP contribution in [0.5, 0.6) is 0 Å². The number of carbonyl (C=O) groups excluding carboxylic acids is 1. The zero-order chi connectivity index (χ0) is 20.7. The van der Waals surface area contributed by atoms with Gasteiger partial charge in [-0.3, -0.25) is 9.78 Å². The van der Waals surface area contributed by atoms with E-state index in [1.807, 2.05) is 30.3 Å². The van der Waals surface area contributed by atoms with Crippen LogP contribution in [-0.2, 0) is 6.54 Å². The fraction of sp³-hybridized carbons (Fsp3) is 0.0952. The third-order valence-electron chi connectivity index (χ3n) is 4.72. The highest BCUT2D eigenvalue weighted by molar-refractivity contribution is 5.93. The largest absolute Gasteiger partial charge is 0.461 e. The van der Waals surface area contributed by atoms with Gasteiger partial charge in [0.25, 0.3) is 5.91 Å². The van der Waals surface area contributed by atoms with Gasteiger partial charge in [-0.1, -0.05) is 18.2 Å². The molecule has 0 aliphatic carbocycles. The Labute approximate surface area is 170 Å². The lowest BCUT2D eigenvalue weighted by atomic mass is 10.1. The van der Waals surface area contributed by atoms with Crippen LogP contribution in [0.25, 0.3) is 28.1 Å². The zero-order valence-electron chi connectivity index (χ0n) is 16.1. The number of hydrogen-bond donors (Lipinski definition) is 1. The number of para-hydroxylation sites is 1. The van der Waals surface area contributed by atoms with Crippen molar-refractivity contribution >= 4 is 28.4 Å². The summed E-state index contributed by atoms with van der Waals surface area (Å²) in [5.41, 5.74) is 8.45. The summed E-state index contributed by atoms with van der Waals surface area (Å²) in [6.45, 7) is 0.383. The molecule has 2 N–H and O–H groups in total. The van der Waals surface area contributed by atoms with Gasteiger partial charge in [0.05, 0.1) is 11.8 Å². The molecule has 5 aromatic rings. The predicted molar refractivity (Wildman–Crippen MR) is 110 cm³/mol. The topological polar surface area (TPSA) is 115 Å². The minimum atomic E-state index is -0.278. The number of nitrogens with two attached hydrogens (primary N) is 1. The molecule has 148 valence electrons. The molecule has 30 heavy (non-hydrogen) atoms. The minimum absolute atomic E-state index is 0.0712. The van der Waals surface area contributed by atoms with Crippen LogP contribution < -0.4 is 5.73 Å². The van der Waals surface area contributed by atoms with Crippen LogP contribution in [0.15, 0.2) is 65.4 Å². The molecule has 0 aliphatic rings. The Morgan fingerprint density at radius 1 is 1.17 bits per heavy atom. The second kappa shape index (κ2) is 6.96. The van der Waals surface area contributed by atoms with Crippen LogP contribution in [0.1, 0.15) is 16.1 Å². The van der Waals surface area contributed by atoms with Gasteiger partial charge in [0.1, 0.15) is 5.69 Å². The molecule has 0 aliphatic heterocycles. The summed E-state index contributed by atoms with van der Waals surface area (Å²) in [5.74, 6) is 0.669. The zero-order valence-corrected chi connectivity index (χ0v) is 16.1. The molecule has 4 aromatic heterocycles. The van der Waals surface area contributed by atoms with Crippen molar-refractivity contribution < 1.29 is 9.21 Å². The van der Waals surface area contributed by atoms with Gasteiger partial charge in [-0.25, -0.2) is 9.97 Å². The lowest BCUT2D eigenvalue weighted by molar-refractivity contribution is 0.0779. The Hall–Kier alpha value is -4.27. The summed E-state index contributed by atoms with van der Waals surface area (Å²) < 4.78 is 6.70. The van der Waals surface area contributed by atoms with E-state index in [9.17, 15) is 4.79 Å². The maximum Gasteiger partial charge on any atom is 0.272 e. The van der Waals surface area contributed by atoms with Gasteiger partial charge in [-0.05, 0) is 29.8 Å². The highest BCUT2D eigenvalue weighted by atomic mass is 16.3. The number of rotatable bonds is 4. The van der Waals surface area contributed by atoms with E-state index in [0.717, 1.165) is 16.5 Å². The van der Waals surface area contributed by atoms with E-state index in [0.29, 0.717) is 23.8 Å². The first-order valence-electron chi connectivity index (χ1n) is 9.25.